The number of ketones is 1. The van der Waals surface area contributed by atoms with E-state index in [1.807, 2.05) is 7.11 Å². The van der Waals surface area contributed by atoms with Crippen molar-refractivity contribution in [3.05, 3.63) is 0 Å². The SMILES string of the molecule is COC1CCC(C2CNC(NC3CCCC(C(=O)C4CCC[C@H]4CO)C3)NC2)CC1. The van der Waals surface area contributed by atoms with Crippen molar-refractivity contribution in [1.29, 1.82) is 0 Å². The van der Waals surface area contributed by atoms with Gasteiger partial charge >= 0.3 is 0 Å². The molecule has 0 amide bonds. The van der Waals surface area contributed by atoms with Gasteiger partial charge in [0, 0.05) is 44.7 Å². The van der Waals surface area contributed by atoms with Crippen LogP contribution in [0.3, 0.4) is 0 Å². The largest absolute Gasteiger partial charge is 0.396 e. The van der Waals surface area contributed by atoms with E-state index in [1.54, 1.807) is 0 Å². The van der Waals surface area contributed by atoms with E-state index in [-0.39, 0.29) is 30.7 Å². The third-order valence-corrected chi connectivity index (χ3v) is 8.63. The van der Waals surface area contributed by atoms with Gasteiger partial charge in [0.2, 0.25) is 0 Å². The number of aliphatic hydroxyl groups is 1. The van der Waals surface area contributed by atoms with Crippen molar-refractivity contribution < 1.29 is 14.6 Å². The van der Waals surface area contributed by atoms with Crippen LogP contribution >= 0.6 is 0 Å². The highest BCUT2D eigenvalue weighted by molar-refractivity contribution is 5.84. The first kappa shape index (κ1) is 22.7. The summed E-state index contributed by atoms with van der Waals surface area (Å²) in [5, 5.41) is 20.7. The monoisotopic (exact) mass is 421 g/mol. The minimum Gasteiger partial charge on any atom is -0.396 e. The number of hydrogen-bond donors (Lipinski definition) is 4. The highest BCUT2D eigenvalue weighted by atomic mass is 16.5. The third kappa shape index (κ3) is 5.44. The lowest BCUT2D eigenvalue weighted by atomic mass is 9.77. The fourth-order valence-electron chi connectivity index (χ4n) is 6.70. The fraction of sp³-hybridized carbons (Fsp3) is 0.958. The van der Waals surface area contributed by atoms with Crippen LogP contribution < -0.4 is 16.0 Å². The van der Waals surface area contributed by atoms with E-state index >= 15 is 0 Å². The Bertz CT molecular complexity index is 544. The normalized spacial score (nSPS) is 42.9. The molecule has 3 saturated carbocycles. The molecule has 1 aliphatic heterocycles. The standard InChI is InChI=1S/C24H43N3O3/c1-30-21-10-8-16(9-11-21)19-13-25-24(26-14-19)27-20-6-2-4-17(12-20)23(29)22-7-3-5-18(22)15-28/h16-22,24-28H,2-15H2,1H3/t16?,17?,18-,19?,20?,21?,22?,24?/m0/s1. The van der Waals surface area contributed by atoms with Crippen LogP contribution in [0.25, 0.3) is 0 Å². The van der Waals surface area contributed by atoms with Crippen LogP contribution in [-0.2, 0) is 9.53 Å². The first-order chi connectivity index (χ1) is 14.7. The number of ether oxygens (including phenoxy) is 1. The van der Waals surface area contributed by atoms with E-state index in [0.717, 1.165) is 64.0 Å². The summed E-state index contributed by atoms with van der Waals surface area (Å²) in [7, 11) is 1.84. The molecular formula is C24H43N3O3. The topological polar surface area (TPSA) is 82.6 Å². The molecule has 4 aliphatic rings. The summed E-state index contributed by atoms with van der Waals surface area (Å²) in [5.41, 5.74) is 0. The van der Waals surface area contributed by atoms with E-state index in [1.165, 1.54) is 25.7 Å². The van der Waals surface area contributed by atoms with Gasteiger partial charge in [-0.15, -0.1) is 0 Å². The van der Waals surface area contributed by atoms with Crippen molar-refractivity contribution in [1.82, 2.24) is 16.0 Å². The lowest BCUT2D eigenvalue weighted by Crippen LogP contribution is -2.63. The molecule has 0 radical (unpaired) electrons. The molecule has 172 valence electrons. The van der Waals surface area contributed by atoms with Gasteiger partial charge in [0.25, 0.3) is 0 Å². The van der Waals surface area contributed by atoms with Crippen molar-refractivity contribution in [2.45, 2.75) is 89.1 Å². The minimum atomic E-state index is 0.110. The highest BCUT2D eigenvalue weighted by Crippen LogP contribution is 2.37. The molecule has 4 fully saturated rings. The lowest BCUT2D eigenvalue weighted by molar-refractivity contribution is -0.129. The Morgan fingerprint density at radius 1 is 0.967 bits per heavy atom. The molecule has 4 N–H and O–H groups in total. The highest BCUT2D eigenvalue weighted by Gasteiger charge is 2.38. The molecule has 0 aromatic heterocycles. The Morgan fingerprint density at radius 3 is 2.40 bits per heavy atom. The zero-order valence-corrected chi connectivity index (χ0v) is 18.8. The summed E-state index contributed by atoms with van der Waals surface area (Å²) >= 11 is 0. The maximum absolute atomic E-state index is 13.1. The molecule has 30 heavy (non-hydrogen) atoms. The van der Waals surface area contributed by atoms with Gasteiger partial charge in [-0.25, -0.2) is 0 Å². The predicted octanol–water partition coefficient (Wildman–Crippen LogP) is 2.41. The van der Waals surface area contributed by atoms with Crippen LogP contribution in [0.5, 0.6) is 0 Å². The predicted molar refractivity (Wildman–Crippen MR) is 118 cm³/mol. The fourth-order valence-corrected chi connectivity index (χ4v) is 6.70. The summed E-state index contributed by atoms with van der Waals surface area (Å²) in [6, 6.07) is 0.403. The molecular weight excluding hydrogens is 378 g/mol. The number of hydrogen-bond acceptors (Lipinski definition) is 6. The first-order valence-electron chi connectivity index (χ1n) is 12.6. The molecule has 4 atom stereocenters. The number of carbonyl (C=O) groups is 1. The number of methoxy groups -OCH3 is 1. The molecule has 6 nitrogen and oxygen atoms in total. The molecule has 3 aliphatic carbocycles. The van der Waals surface area contributed by atoms with Crippen molar-refractivity contribution in [3.63, 3.8) is 0 Å². The van der Waals surface area contributed by atoms with Crippen LogP contribution in [0, 0.1) is 29.6 Å². The average molecular weight is 422 g/mol. The van der Waals surface area contributed by atoms with Crippen LogP contribution in [0.1, 0.15) is 70.6 Å². The van der Waals surface area contributed by atoms with Gasteiger partial charge in [-0.2, -0.15) is 0 Å². The number of carbonyl (C=O) groups excluding carboxylic acids is 1. The molecule has 4 rings (SSSR count). The maximum Gasteiger partial charge on any atom is 0.139 e. The second-order valence-electron chi connectivity index (χ2n) is 10.4. The van der Waals surface area contributed by atoms with Gasteiger partial charge in [0.15, 0.2) is 0 Å². The second-order valence-corrected chi connectivity index (χ2v) is 10.4. The Balaban J connectivity index is 1.20. The van der Waals surface area contributed by atoms with Crippen LogP contribution in [0.4, 0.5) is 0 Å². The van der Waals surface area contributed by atoms with Gasteiger partial charge in [0.1, 0.15) is 12.1 Å². The Morgan fingerprint density at radius 2 is 1.70 bits per heavy atom. The molecule has 0 spiro atoms. The van der Waals surface area contributed by atoms with Crippen molar-refractivity contribution in [2.75, 3.05) is 26.8 Å². The quantitative estimate of drug-likeness (QED) is 0.505. The van der Waals surface area contributed by atoms with Gasteiger partial charge in [-0.05, 0) is 75.5 Å². The van der Waals surface area contributed by atoms with E-state index in [0.29, 0.717) is 23.8 Å². The molecule has 6 heteroatoms. The summed E-state index contributed by atoms with van der Waals surface area (Å²) in [5.74, 6) is 2.45. The van der Waals surface area contributed by atoms with Gasteiger partial charge in [-0.3, -0.25) is 20.7 Å². The summed E-state index contributed by atoms with van der Waals surface area (Å²) in [6.45, 7) is 2.32. The molecule has 3 unspecified atom stereocenters. The number of nitrogens with one attached hydrogen (secondary N) is 3. The molecule has 0 aromatic rings. The first-order valence-corrected chi connectivity index (χ1v) is 12.6. The summed E-state index contributed by atoms with van der Waals surface area (Å²) in [6.07, 6.45) is 13.0. The van der Waals surface area contributed by atoms with Crippen molar-refractivity contribution in [2.24, 2.45) is 29.6 Å². The van der Waals surface area contributed by atoms with E-state index < -0.39 is 0 Å². The zero-order chi connectivity index (χ0) is 20.9. The Labute approximate surface area is 182 Å². The van der Waals surface area contributed by atoms with Gasteiger partial charge < -0.3 is 9.84 Å². The number of rotatable bonds is 7. The van der Waals surface area contributed by atoms with Crippen LogP contribution in [0.2, 0.25) is 0 Å². The summed E-state index contributed by atoms with van der Waals surface area (Å²) in [4.78, 5) is 13.1. The van der Waals surface area contributed by atoms with Gasteiger partial charge in [-0.1, -0.05) is 12.8 Å². The lowest BCUT2D eigenvalue weighted by Gasteiger charge is -2.41. The number of aliphatic hydroxyl groups excluding tert-OH is 1. The van der Waals surface area contributed by atoms with E-state index in [4.69, 9.17) is 4.74 Å². The number of Topliss-reactive ketones (excluding diaryl/α,β-unsaturated/α-hetero) is 1. The second kappa shape index (κ2) is 10.9. The maximum atomic E-state index is 13.1. The molecule has 1 heterocycles. The smallest absolute Gasteiger partial charge is 0.139 e. The Kier molecular flexibility index (Phi) is 8.20. The average Bonchev–Trinajstić information content (AvgIpc) is 3.28. The van der Waals surface area contributed by atoms with E-state index in [9.17, 15) is 9.90 Å². The third-order valence-electron chi connectivity index (χ3n) is 8.63. The zero-order valence-electron chi connectivity index (χ0n) is 18.8. The van der Waals surface area contributed by atoms with Crippen LogP contribution in [-0.4, -0.2) is 56.1 Å². The van der Waals surface area contributed by atoms with Crippen molar-refractivity contribution in [3.8, 4) is 0 Å². The van der Waals surface area contributed by atoms with Gasteiger partial charge in [0.05, 0.1) is 6.10 Å². The minimum absolute atomic E-state index is 0.110. The Hall–Kier alpha value is -0.530. The molecule has 1 saturated heterocycles. The van der Waals surface area contributed by atoms with Crippen LogP contribution in [0.15, 0.2) is 0 Å². The van der Waals surface area contributed by atoms with Crippen molar-refractivity contribution >= 4 is 5.78 Å². The summed E-state index contributed by atoms with van der Waals surface area (Å²) < 4.78 is 5.52. The molecule has 0 bridgehead atoms. The molecule has 0 aromatic carbocycles. The van der Waals surface area contributed by atoms with E-state index in [2.05, 4.69) is 16.0 Å².